The third kappa shape index (κ3) is 2.23. The summed E-state index contributed by atoms with van der Waals surface area (Å²) in [4.78, 5) is 10.8. The van der Waals surface area contributed by atoms with Gasteiger partial charge in [0.25, 0.3) is 5.69 Å². The van der Waals surface area contributed by atoms with E-state index in [9.17, 15) is 15.2 Å². The van der Waals surface area contributed by atoms with E-state index in [-0.39, 0.29) is 5.69 Å². The molecular weight excluding hydrogens is 272 g/mol. The molecule has 7 heteroatoms. The number of nitro benzene ring substituents is 1. The highest BCUT2D eigenvalue weighted by atomic mass is 16.6. The summed E-state index contributed by atoms with van der Waals surface area (Å²) in [5.41, 5.74) is 2.02. The van der Waals surface area contributed by atoms with Gasteiger partial charge in [-0.1, -0.05) is 23.4 Å². The standard InChI is InChI=1S/C14H12N4O3/c1-9(19)10-6-7-13(14(8-10)18(20)21)17-12-5-3-2-4-11(12)15-16-17/h2-9,19H,1H3/t9-/m0/s1. The van der Waals surface area contributed by atoms with Gasteiger partial charge in [0.2, 0.25) is 0 Å². The summed E-state index contributed by atoms with van der Waals surface area (Å²) in [6.07, 6.45) is -0.773. The monoisotopic (exact) mass is 284 g/mol. The van der Waals surface area contributed by atoms with E-state index in [1.165, 1.54) is 10.7 Å². The minimum absolute atomic E-state index is 0.121. The van der Waals surface area contributed by atoms with Crippen LogP contribution in [-0.4, -0.2) is 25.0 Å². The van der Waals surface area contributed by atoms with Gasteiger partial charge in [-0.2, -0.15) is 0 Å². The Morgan fingerprint density at radius 3 is 2.76 bits per heavy atom. The van der Waals surface area contributed by atoms with Crippen LogP contribution in [0.25, 0.3) is 16.7 Å². The Balaban J connectivity index is 2.24. The van der Waals surface area contributed by atoms with E-state index in [0.29, 0.717) is 22.3 Å². The first-order valence-electron chi connectivity index (χ1n) is 6.35. The number of aliphatic hydroxyl groups is 1. The molecule has 0 fully saturated rings. The molecule has 21 heavy (non-hydrogen) atoms. The van der Waals surface area contributed by atoms with Crippen molar-refractivity contribution in [3.8, 4) is 5.69 Å². The number of nitro groups is 1. The Kier molecular flexibility index (Phi) is 3.11. The lowest BCUT2D eigenvalue weighted by Gasteiger charge is -2.08. The van der Waals surface area contributed by atoms with Crippen molar-refractivity contribution in [3.63, 3.8) is 0 Å². The van der Waals surface area contributed by atoms with E-state index in [0.717, 1.165) is 0 Å². The average molecular weight is 284 g/mol. The quantitative estimate of drug-likeness (QED) is 0.588. The van der Waals surface area contributed by atoms with Crippen LogP contribution in [0.4, 0.5) is 5.69 Å². The van der Waals surface area contributed by atoms with Crippen LogP contribution in [0, 0.1) is 10.1 Å². The van der Waals surface area contributed by atoms with Gasteiger partial charge in [-0.25, -0.2) is 4.68 Å². The van der Waals surface area contributed by atoms with E-state index >= 15 is 0 Å². The zero-order chi connectivity index (χ0) is 15.0. The molecule has 2 aromatic carbocycles. The first-order chi connectivity index (χ1) is 10.1. The Morgan fingerprint density at radius 2 is 2.05 bits per heavy atom. The van der Waals surface area contributed by atoms with Crippen LogP contribution in [0.1, 0.15) is 18.6 Å². The minimum atomic E-state index is -0.773. The van der Waals surface area contributed by atoms with Crippen LogP contribution in [0.2, 0.25) is 0 Å². The molecule has 3 aromatic rings. The summed E-state index contributed by atoms with van der Waals surface area (Å²) in [6, 6.07) is 11.8. The van der Waals surface area contributed by atoms with Crippen molar-refractivity contribution < 1.29 is 10.0 Å². The fourth-order valence-electron chi connectivity index (χ4n) is 2.17. The van der Waals surface area contributed by atoms with Gasteiger partial charge >= 0.3 is 0 Å². The Bertz CT molecular complexity index is 826. The van der Waals surface area contributed by atoms with E-state index in [1.807, 2.05) is 12.1 Å². The molecule has 0 saturated carbocycles. The SMILES string of the molecule is C[C@H](O)c1ccc(-n2nnc3ccccc32)c([N+](=O)[O-])c1. The summed E-state index contributed by atoms with van der Waals surface area (Å²) in [5, 5.41) is 28.8. The van der Waals surface area contributed by atoms with Gasteiger partial charge in [-0.3, -0.25) is 10.1 Å². The second-order valence-corrected chi connectivity index (χ2v) is 4.67. The largest absolute Gasteiger partial charge is 0.389 e. The van der Waals surface area contributed by atoms with Gasteiger partial charge in [0.15, 0.2) is 0 Å². The van der Waals surface area contributed by atoms with Gasteiger partial charge in [-0.15, -0.1) is 5.10 Å². The molecule has 0 aliphatic rings. The molecule has 0 aliphatic carbocycles. The van der Waals surface area contributed by atoms with Gasteiger partial charge in [-0.05, 0) is 30.7 Å². The van der Waals surface area contributed by atoms with Crippen molar-refractivity contribution in [2.75, 3.05) is 0 Å². The maximum atomic E-state index is 11.3. The van der Waals surface area contributed by atoms with Gasteiger partial charge in [0.05, 0.1) is 16.5 Å². The summed E-state index contributed by atoms with van der Waals surface area (Å²) >= 11 is 0. The number of aliphatic hydroxyl groups excluding tert-OH is 1. The first kappa shape index (κ1) is 13.2. The molecule has 106 valence electrons. The van der Waals surface area contributed by atoms with Crippen molar-refractivity contribution in [1.82, 2.24) is 15.0 Å². The van der Waals surface area contributed by atoms with E-state index in [1.54, 1.807) is 31.2 Å². The van der Waals surface area contributed by atoms with Crippen LogP contribution in [-0.2, 0) is 0 Å². The number of benzene rings is 2. The number of nitrogens with zero attached hydrogens (tertiary/aromatic N) is 4. The molecule has 0 bridgehead atoms. The number of aromatic nitrogens is 3. The maximum absolute atomic E-state index is 11.3. The molecular formula is C14H12N4O3. The fraction of sp³-hybridized carbons (Fsp3) is 0.143. The summed E-state index contributed by atoms with van der Waals surface area (Å²) in [7, 11) is 0. The van der Waals surface area contributed by atoms with Gasteiger partial charge in [0.1, 0.15) is 11.2 Å². The molecule has 3 rings (SSSR count). The molecule has 0 aliphatic heterocycles. The molecule has 1 atom stereocenters. The van der Waals surface area contributed by atoms with E-state index in [4.69, 9.17) is 0 Å². The van der Waals surface area contributed by atoms with Gasteiger partial charge in [0, 0.05) is 6.07 Å². The van der Waals surface area contributed by atoms with Crippen molar-refractivity contribution in [2.45, 2.75) is 13.0 Å². The number of rotatable bonds is 3. The van der Waals surface area contributed by atoms with Crippen molar-refractivity contribution in [1.29, 1.82) is 0 Å². The number of hydrogen-bond donors (Lipinski definition) is 1. The first-order valence-corrected chi connectivity index (χ1v) is 6.35. The molecule has 7 nitrogen and oxygen atoms in total. The van der Waals surface area contributed by atoms with Crippen LogP contribution < -0.4 is 0 Å². The predicted molar refractivity (Wildman–Crippen MR) is 76.2 cm³/mol. The Morgan fingerprint density at radius 1 is 1.29 bits per heavy atom. The summed E-state index contributed by atoms with van der Waals surface area (Å²) < 4.78 is 1.43. The zero-order valence-electron chi connectivity index (χ0n) is 11.2. The normalized spacial score (nSPS) is 12.5. The molecule has 1 aromatic heterocycles. The summed E-state index contributed by atoms with van der Waals surface area (Å²) in [6.45, 7) is 1.56. The van der Waals surface area contributed by atoms with Crippen LogP contribution in [0.15, 0.2) is 42.5 Å². The average Bonchev–Trinajstić information content (AvgIpc) is 2.90. The molecule has 0 amide bonds. The topological polar surface area (TPSA) is 94.1 Å². The highest BCUT2D eigenvalue weighted by Gasteiger charge is 2.20. The van der Waals surface area contributed by atoms with Crippen molar-refractivity contribution >= 4 is 16.7 Å². The maximum Gasteiger partial charge on any atom is 0.295 e. The minimum Gasteiger partial charge on any atom is -0.389 e. The van der Waals surface area contributed by atoms with Crippen LogP contribution in [0.3, 0.4) is 0 Å². The highest BCUT2D eigenvalue weighted by molar-refractivity contribution is 5.77. The van der Waals surface area contributed by atoms with E-state index in [2.05, 4.69) is 10.3 Å². The van der Waals surface area contributed by atoms with Crippen molar-refractivity contribution in [2.24, 2.45) is 0 Å². The third-order valence-electron chi connectivity index (χ3n) is 3.26. The molecule has 0 radical (unpaired) electrons. The van der Waals surface area contributed by atoms with Gasteiger partial charge < -0.3 is 5.11 Å². The van der Waals surface area contributed by atoms with E-state index < -0.39 is 11.0 Å². The second kappa shape index (κ2) is 4.95. The Hall–Kier alpha value is -2.80. The molecule has 0 saturated heterocycles. The number of fused-ring (bicyclic) bond motifs is 1. The van der Waals surface area contributed by atoms with Crippen molar-refractivity contribution in [3.05, 3.63) is 58.1 Å². The lowest BCUT2D eigenvalue weighted by atomic mass is 10.1. The smallest absolute Gasteiger partial charge is 0.295 e. The van der Waals surface area contributed by atoms with Crippen LogP contribution >= 0.6 is 0 Å². The molecule has 1 N–H and O–H groups in total. The second-order valence-electron chi connectivity index (χ2n) is 4.67. The lowest BCUT2D eigenvalue weighted by molar-refractivity contribution is -0.384. The Labute approximate surface area is 119 Å². The fourth-order valence-corrected chi connectivity index (χ4v) is 2.17. The molecule has 1 heterocycles. The highest BCUT2D eigenvalue weighted by Crippen LogP contribution is 2.28. The third-order valence-corrected chi connectivity index (χ3v) is 3.26. The molecule has 0 spiro atoms. The summed E-state index contributed by atoms with van der Waals surface area (Å²) in [5.74, 6) is 0. The number of hydrogen-bond acceptors (Lipinski definition) is 5. The number of para-hydroxylation sites is 1. The van der Waals surface area contributed by atoms with Crippen LogP contribution in [0.5, 0.6) is 0 Å². The lowest BCUT2D eigenvalue weighted by Crippen LogP contribution is -2.03. The predicted octanol–water partition coefficient (Wildman–Crippen LogP) is 2.38. The zero-order valence-corrected chi connectivity index (χ0v) is 11.2. The molecule has 0 unspecified atom stereocenters.